The summed E-state index contributed by atoms with van der Waals surface area (Å²) < 4.78 is 0. The maximum absolute atomic E-state index is 10.9. The molecule has 0 aromatic heterocycles. The van der Waals surface area contributed by atoms with Gasteiger partial charge in [-0.2, -0.15) is 0 Å². The number of aldehydes is 1. The number of para-hydroxylation sites is 1. The van der Waals surface area contributed by atoms with Crippen molar-refractivity contribution in [3.63, 3.8) is 0 Å². The summed E-state index contributed by atoms with van der Waals surface area (Å²) in [6.07, 6.45) is 2.90. The average Bonchev–Trinajstić information content (AvgIpc) is 2.39. The summed E-state index contributed by atoms with van der Waals surface area (Å²) in [6, 6.07) is 6.79. The Morgan fingerprint density at radius 1 is 1.44 bits per heavy atom. The summed E-state index contributed by atoms with van der Waals surface area (Å²) in [5, 5.41) is 10.9. The van der Waals surface area contributed by atoms with Gasteiger partial charge in [0.1, 0.15) is 6.29 Å². The Labute approximate surface area is 106 Å². The molecule has 0 amide bonds. The molecule has 96 valence electrons. The molecule has 1 saturated heterocycles. The maximum atomic E-state index is 10.9. The number of rotatable bonds is 4. The van der Waals surface area contributed by atoms with E-state index < -0.39 is 0 Å². The van der Waals surface area contributed by atoms with Crippen LogP contribution >= 0.6 is 0 Å². The van der Waals surface area contributed by atoms with Gasteiger partial charge in [-0.05, 0) is 19.4 Å². The topological polar surface area (TPSA) is 63.5 Å². The summed E-state index contributed by atoms with van der Waals surface area (Å²) >= 11 is 0. The molecule has 0 saturated carbocycles. The lowest BCUT2D eigenvalue weighted by atomic mass is 9.99. The fourth-order valence-corrected chi connectivity index (χ4v) is 2.41. The molecule has 0 N–H and O–H groups in total. The van der Waals surface area contributed by atoms with E-state index in [0.29, 0.717) is 18.7 Å². The number of carbonyl (C=O) groups is 1. The van der Waals surface area contributed by atoms with Crippen LogP contribution in [0.1, 0.15) is 18.4 Å². The van der Waals surface area contributed by atoms with Crippen LogP contribution in [0.4, 0.5) is 5.69 Å². The summed E-state index contributed by atoms with van der Waals surface area (Å²) in [5.41, 5.74) is 0.875. The minimum Gasteiger partial charge on any atom is -0.303 e. The Hall–Kier alpha value is -1.75. The average molecular weight is 248 g/mol. The highest BCUT2D eigenvalue weighted by atomic mass is 16.6. The molecule has 1 unspecified atom stereocenters. The monoisotopic (exact) mass is 248 g/mol. The molecule has 1 aromatic rings. The van der Waals surface area contributed by atoms with Crippen LogP contribution in [0.2, 0.25) is 0 Å². The fourth-order valence-electron chi connectivity index (χ4n) is 2.41. The lowest BCUT2D eigenvalue weighted by Gasteiger charge is -2.29. The summed E-state index contributed by atoms with van der Waals surface area (Å²) in [6.45, 7) is 2.15. The summed E-state index contributed by atoms with van der Waals surface area (Å²) in [4.78, 5) is 23.5. The minimum atomic E-state index is -0.351. The number of hydrogen-bond acceptors (Lipinski definition) is 4. The molecular formula is C13H16N2O3. The third kappa shape index (κ3) is 2.92. The Morgan fingerprint density at radius 2 is 2.22 bits per heavy atom. The van der Waals surface area contributed by atoms with E-state index in [0.717, 1.165) is 25.7 Å². The SMILES string of the molecule is O=CC1CCCN(Cc2ccccc2[N+](=O)[O-])C1. The molecule has 1 aliphatic heterocycles. The molecule has 0 spiro atoms. The second-order valence-corrected chi connectivity index (χ2v) is 4.66. The Kier molecular flexibility index (Phi) is 4.04. The molecule has 0 aliphatic carbocycles. The largest absolute Gasteiger partial charge is 0.303 e. The molecule has 1 aliphatic rings. The van der Waals surface area contributed by atoms with Crippen molar-refractivity contribution in [1.29, 1.82) is 0 Å². The van der Waals surface area contributed by atoms with E-state index in [1.165, 1.54) is 6.07 Å². The second kappa shape index (κ2) is 5.73. The Balaban J connectivity index is 2.09. The van der Waals surface area contributed by atoms with E-state index in [-0.39, 0.29) is 16.5 Å². The van der Waals surface area contributed by atoms with Crippen LogP contribution in [-0.2, 0) is 11.3 Å². The summed E-state index contributed by atoms with van der Waals surface area (Å²) in [5.74, 6) is 0.0709. The van der Waals surface area contributed by atoms with Crippen LogP contribution in [0.25, 0.3) is 0 Å². The second-order valence-electron chi connectivity index (χ2n) is 4.66. The highest BCUT2D eigenvalue weighted by Gasteiger charge is 2.21. The van der Waals surface area contributed by atoms with E-state index in [1.807, 2.05) is 6.07 Å². The van der Waals surface area contributed by atoms with Gasteiger partial charge < -0.3 is 4.79 Å². The van der Waals surface area contributed by atoms with Crippen molar-refractivity contribution < 1.29 is 9.72 Å². The molecule has 1 aromatic carbocycles. The normalized spacial score (nSPS) is 20.6. The first-order valence-electron chi connectivity index (χ1n) is 6.10. The van der Waals surface area contributed by atoms with Gasteiger partial charge in [-0.1, -0.05) is 18.2 Å². The number of nitrogens with zero attached hydrogens (tertiary/aromatic N) is 2. The van der Waals surface area contributed by atoms with Gasteiger partial charge in [-0.25, -0.2) is 0 Å². The van der Waals surface area contributed by atoms with E-state index in [2.05, 4.69) is 4.90 Å². The van der Waals surface area contributed by atoms with Gasteiger partial charge in [0, 0.05) is 30.6 Å². The van der Waals surface area contributed by atoms with Gasteiger partial charge in [0.05, 0.1) is 4.92 Å². The van der Waals surface area contributed by atoms with Crippen LogP contribution in [0.15, 0.2) is 24.3 Å². The zero-order chi connectivity index (χ0) is 13.0. The van der Waals surface area contributed by atoms with Gasteiger partial charge in [0.2, 0.25) is 0 Å². The van der Waals surface area contributed by atoms with Crippen molar-refractivity contribution in [1.82, 2.24) is 4.90 Å². The van der Waals surface area contributed by atoms with Crippen LogP contribution in [0, 0.1) is 16.0 Å². The van der Waals surface area contributed by atoms with Crippen LogP contribution in [-0.4, -0.2) is 29.2 Å². The number of hydrogen-bond donors (Lipinski definition) is 0. The molecule has 0 radical (unpaired) electrons. The number of nitro benzene ring substituents is 1. The van der Waals surface area contributed by atoms with Crippen LogP contribution < -0.4 is 0 Å². The van der Waals surface area contributed by atoms with Crippen LogP contribution in [0.5, 0.6) is 0 Å². The molecular weight excluding hydrogens is 232 g/mol. The van der Waals surface area contributed by atoms with E-state index >= 15 is 0 Å². The number of piperidine rings is 1. The van der Waals surface area contributed by atoms with Crippen molar-refractivity contribution in [2.75, 3.05) is 13.1 Å². The molecule has 5 nitrogen and oxygen atoms in total. The first-order chi connectivity index (χ1) is 8.70. The molecule has 0 bridgehead atoms. The standard InChI is InChI=1S/C13H16N2O3/c16-10-11-4-3-7-14(8-11)9-12-5-1-2-6-13(12)15(17)18/h1-2,5-6,10-11H,3-4,7-9H2. The number of likely N-dealkylation sites (tertiary alicyclic amines) is 1. The van der Waals surface area contributed by atoms with E-state index in [1.54, 1.807) is 12.1 Å². The predicted molar refractivity (Wildman–Crippen MR) is 67.2 cm³/mol. The fraction of sp³-hybridized carbons (Fsp3) is 0.462. The van der Waals surface area contributed by atoms with Gasteiger partial charge in [0.15, 0.2) is 0 Å². The zero-order valence-electron chi connectivity index (χ0n) is 10.1. The third-order valence-corrected chi connectivity index (χ3v) is 3.32. The van der Waals surface area contributed by atoms with Crippen molar-refractivity contribution >= 4 is 12.0 Å². The Morgan fingerprint density at radius 3 is 2.94 bits per heavy atom. The molecule has 5 heteroatoms. The maximum Gasteiger partial charge on any atom is 0.273 e. The van der Waals surface area contributed by atoms with Gasteiger partial charge in [0.25, 0.3) is 5.69 Å². The number of carbonyl (C=O) groups excluding carboxylic acids is 1. The lowest BCUT2D eigenvalue weighted by molar-refractivity contribution is -0.385. The third-order valence-electron chi connectivity index (χ3n) is 3.32. The number of nitro groups is 1. The predicted octanol–water partition coefficient (Wildman–Crippen LogP) is 2.01. The minimum absolute atomic E-state index is 0.0709. The van der Waals surface area contributed by atoms with E-state index in [9.17, 15) is 14.9 Å². The molecule has 1 atom stereocenters. The first-order valence-corrected chi connectivity index (χ1v) is 6.10. The van der Waals surface area contributed by atoms with Gasteiger partial charge in [-0.3, -0.25) is 15.0 Å². The lowest BCUT2D eigenvalue weighted by Crippen LogP contribution is -2.35. The zero-order valence-corrected chi connectivity index (χ0v) is 10.1. The molecule has 1 fully saturated rings. The van der Waals surface area contributed by atoms with Crippen molar-refractivity contribution in [3.05, 3.63) is 39.9 Å². The Bertz CT molecular complexity index is 448. The first kappa shape index (κ1) is 12.7. The molecule has 1 heterocycles. The smallest absolute Gasteiger partial charge is 0.273 e. The molecule has 2 rings (SSSR count). The number of benzene rings is 1. The highest BCUT2D eigenvalue weighted by molar-refractivity contribution is 5.54. The van der Waals surface area contributed by atoms with E-state index in [4.69, 9.17) is 0 Å². The van der Waals surface area contributed by atoms with Crippen molar-refractivity contribution in [2.45, 2.75) is 19.4 Å². The van der Waals surface area contributed by atoms with Crippen LogP contribution in [0.3, 0.4) is 0 Å². The highest BCUT2D eigenvalue weighted by Crippen LogP contribution is 2.22. The van der Waals surface area contributed by atoms with Crippen molar-refractivity contribution in [3.8, 4) is 0 Å². The summed E-state index contributed by atoms with van der Waals surface area (Å²) in [7, 11) is 0. The quantitative estimate of drug-likeness (QED) is 0.464. The van der Waals surface area contributed by atoms with Gasteiger partial charge >= 0.3 is 0 Å². The molecule has 18 heavy (non-hydrogen) atoms. The van der Waals surface area contributed by atoms with Gasteiger partial charge in [-0.15, -0.1) is 0 Å². The van der Waals surface area contributed by atoms with Crippen molar-refractivity contribution in [2.24, 2.45) is 5.92 Å².